The van der Waals surface area contributed by atoms with Gasteiger partial charge < -0.3 is 9.15 Å². The maximum Gasteiger partial charge on any atom is 0.308 e. The van der Waals surface area contributed by atoms with Crippen LogP contribution in [0.4, 0.5) is 0 Å². The van der Waals surface area contributed by atoms with Gasteiger partial charge in [-0.2, -0.15) is 0 Å². The van der Waals surface area contributed by atoms with Crippen LogP contribution in [-0.4, -0.2) is 5.97 Å². The van der Waals surface area contributed by atoms with E-state index >= 15 is 0 Å². The third-order valence-corrected chi connectivity index (χ3v) is 4.07. The van der Waals surface area contributed by atoms with Gasteiger partial charge in [-0.3, -0.25) is 9.59 Å². The van der Waals surface area contributed by atoms with E-state index in [9.17, 15) is 9.59 Å². The van der Waals surface area contributed by atoms with Crippen molar-refractivity contribution >= 4 is 27.7 Å². The van der Waals surface area contributed by atoms with Crippen molar-refractivity contribution in [3.8, 4) is 16.9 Å². The van der Waals surface area contributed by atoms with Crippen molar-refractivity contribution in [2.75, 3.05) is 0 Å². The molecule has 1 heterocycles. The first-order valence-corrected chi connectivity index (χ1v) is 7.85. The van der Waals surface area contributed by atoms with Crippen molar-refractivity contribution in [1.82, 2.24) is 0 Å². The number of benzene rings is 3. The molecule has 0 N–H and O–H groups in total. The zero-order valence-corrected chi connectivity index (χ0v) is 13.5. The lowest BCUT2D eigenvalue weighted by atomic mass is 10.0. The average molecular weight is 330 g/mol. The maximum absolute atomic E-state index is 13.1. The summed E-state index contributed by atoms with van der Waals surface area (Å²) in [7, 11) is 0. The molecule has 4 nitrogen and oxygen atoms in total. The highest BCUT2D eigenvalue weighted by molar-refractivity contribution is 6.06. The number of rotatable bonds is 2. The van der Waals surface area contributed by atoms with E-state index in [1.54, 1.807) is 30.3 Å². The molecule has 0 aliphatic heterocycles. The van der Waals surface area contributed by atoms with Crippen LogP contribution in [0, 0.1) is 0 Å². The smallest absolute Gasteiger partial charge is 0.308 e. The van der Waals surface area contributed by atoms with Crippen LogP contribution in [0.3, 0.4) is 0 Å². The molecule has 4 heteroatoms. The third-order valence-electron chi connectivity index (χ3n) is 4.07. The van der Waals surface area contributed by atoms with Crippen molar-refractivity contribution in [1.29, 1.82) is 0 Å². The van der Waals surface area contributed by atoms with E-state index < -0.39 is 5.97 Å². The number of ether oxygens (including phenoxy) is 1. The monoisotopic (exact) mass is 330 g/mol. The summed E-state index contributed by atoms with van der Waals surface area (Å²) in [5.41, 5.74) is 1.50. The molecule has 0 spiro atoms. The number of fused-ring (bicyclic) bond motifs is 3. The van der Waals surface area contributed by atoms with E-state index in [0.717, 1.165) is 10.8 Å². The molecule has 0 aliphatic rings. The van der Waals surface area contributed by atoms with Gasteiger partial charge in [0.1, 0.15) is 17.6 Å². The van der Waals surface area contributed by atoms with Crippen LogP contribution in [0.5, 0.6) is 5.75 Å². The summed E-state index contributed by atoms with van der Waals surface area (Å²) in [6.07, 6.45) is 1.45. The normalized spacial score (nSPS) is 10.9. The van der Waals surface area contributed by atoms with Gasteiger partial charge in [-0.05, 0) is 34.5 Å². The summed E-state index contributed by atoms with van der Waals surface area (Å²) in [5.74, 6) is -0.0175. The van der Waals surface area contributed by atoms with Crippen LogP contribution in [0.1, 0.15) is 6.92 Å². The summed E-state index contributed by atoms with van der Waals surface area (Å²) in [5, 5.41) is 2.38. The molecule has 122 valence electrons. The quantitative estimate of drug-likeness (QED) is 0.308. The largest absolute Gasteiger partial charge is 0.463 e. The van der Waals surface area contributed by atoms with E-state index in [-0.39, 0.29) is 5.43 Å². The fraction of sp³-hybridized carbons (Fsp3) is 0.0476. The predicted molar refractivity (Wildman–Crippen MR) is 96.7 cm³/mol. The van der Waals surface area contributed by atoms with E-state index in [0.29, 0.717) is 27.8 Å². The topological polar surface area (TPSA) is 56.5 Å². The van der Waals surface area contributed by atoms with Crippen LogP contribution in [0.15, 0.2) is 76.1 Å². The first-order valence-electron chi connectivity index (χ1n) is 7.85. The predicted octanol–water partition coefficient (Wildman–Crippen LogP) is 4.54. The van der Waals surface area contributed by atoms with Gasteiger partial charge in [0.15, 0.2) is 0 Å². The first kappa shape index (κ1) is 15.1. The molecule has 4 rings (SSSR count). The minimum atomic E-state index is -0.409. The van der Waals surface area contributed by atoms with Crippen LogP contribution < -0.4 is 10.2 Å². The standard InChI is InChI=1S/C21H14O4/c1-13(22)25-16-7-4-6-15(11-16)18-12-24-19-10-9-14-5-2-3-8-17(14)20(19)21(18)23/h2-12H,1H3. The third kappa shape index (κ3) is 2.68. The molecular weight excluding hydrogens is 316 g/mol. The molecule has 0 bridgehead atoms. The fourth-order valence-corrected chi connectivity index (χ4v) is 2.99. The van der Waals surface area contributed by atoms with Crippen molar-refractivity contribution < 1.29 is 13.9 Å². The Bertz CT molecular complexity index is 1170. The SMILES string of the molecule is CC(=O)Oc1cccc(-c2coc3ccc4ccccc4c3c2=O)c1. The number of hydrogen-bond donors (Lipinski definition) is 0. The Kier molecular flexibility index (Phi) is 3.58. The second-order valence-electron chi connectivity index (χ2n) is 5.76. The van der Waals surface area contributed by atoms with E-state index in [4.69, 9.17) is 9.15 Å². The Morgan fingerprint density at radius 1 is 1.00 bits per heavy atom. The second-order valence-corrected chi connectivity index (χ2v) is 5.76. The van der Waals surface area contributed by atoms with E-state index in [1.165, 1.54) is 13.2 Å². The average Bonchev–Trinajstić information content (AvgIpc) is 2.61. The number of carbonyl (C=O) groups is 1. The molecule has 0 saturated heterocycles. The van der Waals surface area contributed by atoms with Crippen molar-refractivity contribution in [2.45, 2.75) is 6.92 Å². The van der Waals surface area contributed by atoms with E-state index in [1.807, 2.05) is 30.3 Å². The summed E-state index contributed by atoms with van der Waals surface area (Å²) >= 11 is 0. The van der Waals surface area contributed by atoms with Gasteiger partial charge in [0.05, 0.1) is 10.9 Å². The highest BCUT2D eigenvalue weighted by Gasteiger charge is 2.12. The molecule has 0 saturated carbocycles. The Morgan fingerprint density at radius 3 is 2.68 bits per heavy atom. The van der Waals surface area contributed by atoms with Gasteiger partial charge in [0, 0.05) is 6.92 Å². The van der Waals surface area contributed by atoms with Crippen LogP contribution in [0.25, 0.3) is 32.9 Å². The molecule has 0 amide bonds. The summed E-state index contributed by atoms with van der Waals surface area (Å²) in [4.78, 5) is 24.3. The minimum absolute atomic E-state index is 0.113. The van der Waals surface area contributed by atoms with Gasteiger partial charge in [0.25, 0.3) is 0 Å². The molecule has 0 atom stereocenters. The molecule has 3 aromatic carbocycles. The molecule has 0 aliphatic carbocycles. The van der Waals surface area contributed by atoms with Crippen LogP contribution in [-0.2, 0) is 4.79 Å². The molecule has 0 radical (unpaired) electrons. The molecule has 0 fully saturated rings. The second kappa shape index (κ2) is 5.91. The number of hydrogen-bond acceptors (Lipinski definition) is 4. The summed E-state index contributed by atoms with van der Waals surface area (Å²) in [6, 6.07) is 18.3. The minimum Gasteiger partial charge on any atom is -0.463 e. The summed E-state index contributed by atoms with van der Waals surface area (Å²) < 4.78 is 10.8. The van der Waals surface area contributed by atoms with Gasteiger partial charge in [0.2, 0.25) is 5.43 Å². The highest BCUT2D eigenvalue weighted by Crippen LogP contribution is 2.27. The molecule has 1 aromatic heterocycles. The highest BCUT2D eigenvalue weighted by atomic mass is 16.5. The first-order chi connectivity index (χ1) is 12.1. The van der Waals surface area contributed by atoms with Gasteiger partial charge in [-0.1, -0.05) is 42.5 Å². The van der Waals surface area contributed by atoms with E-state index in [2.05, 4.69) is 0 Å². The number of carbonyl (C=O) groups excluding carboxylic acids is 1. The Morgan fingerprint density at radius 2 is 1.84 bits per heavy atom. The Balaban J connectivity index is 1.97. The van der Waals surface area contributed by atoms with Crippen molar-refractivity contribution in [2.24, 2.45) is 0 Å². The zero-order valence-electron chi connectivity index (χ0n) is 13.5. The van der Waals surface area contributed by atoms with Crippen molar-refractivity contribution in [3.05, 3.63) is 77.2 Å². The molecule has 25 heavy (non-hydrogen) atoms. The summed E-state index contributed by atoms with van der Waals surface area (Å²) in [6.45, 7) is 1.34. The lowest BCUT2D eigenvalue weighted by Crippen LogP contribution is -2.06. The lowest BCUT2D eigenvalue weighted by molar-refractivity contribution is -0.131. The molecule has 4 aromatic rings. The zero-order chi connectivity index (χ0) is 17.4. The Hall–Kier alpha value is -3.40. The molecule has 0 unspecified atom stereocenters. The maximum atomic E-state index is 13.1. The number of esters is 1. The fourth-order valence-electron chi connectivity index (χ4n) is 2.99. The Labute approximate surface area is 143 Å². The van der Waals surface area contributed by atoms with Crippen LogP contribution >= 0.6 is 0 Å². The lowest BCUT2D eigenvalue weighted by Gasteiger charge is -2.07. The molecular formula is C21H14O4. The van der Waals surface area contributed by atoms with Gasteiger partial charge >= 0.3 is 5.97 Å². The van der Waals surface area contributed by atoms with Gasteiger partial charge in [-0.15, -0.1) is 0 Å². The van der Waals surface area contributed by atoms with Crippen LogP contribution in [0.2, 0.25) is 0 Å². The van der Waals surface area contributed by atoms with Gasteiger partial charge in [-0.25, -0.2) is 0 Å². The van der Waals surface area contributed by atoms with Crippen molar-refractivity contribution in [3.63, 3.8) is 0 Å².